The van der Waals surface area contributed by atoms with Crippen LogP contribution in [0.1, 0.15) is 6.92 Å². The van der Waals surface area contributed by atoms with Gasteiger partial charge in [0.2, 0.25) is 0 Å². The number of aromatic nitrogens is 1. The molecule has 1 aliphatic rings. The van der Waals surface area contributed by atoms with Crippen LogP contribution in [0.3, 0.4) is 0 Å². The van der Waals surface area contributed by atoms with Crippen molar-refractivity contribution in [1.29, 1.82) is 0 Å². The molecule has 0 radical (unpaired) electrons. The first-order valence-electron chi connectivity index (χ1n) is 7.56. The van der Waals surface area contributed by atoms with Crippen LogP contribution in [0.5, 0.6) is 0 Å². The Bertz CT molecular complexity index is 471. The topological polar surface area (TPSA) is 69.7 Å². The summed E-state index contributed by atoms with van der Waals surface area (Å²) in [7, 11) is 3.85. The Balaban J connectivity index is 1.75. The van der Waals surface area contributed by atoms with Crippen molar-refractivity contribution >= 4 is 17.5 Å². The molecule has 0 saturated carbocycles. The molecule has 122 valence electrons. The lowest BCUT2D eigenvalue weighted by Gasteiger charge is -2.32. The van der Waals surface area contributed by atoms with Gasteiger partial charge in [-0.3, -0.25) is 4.90 Å². The van der Waals surface area contributed by atoms with Gasteiger partial charge in [0.1, 0.15) is 5.82 Å². The van der Waals surface area contributed by atoms with Crippen molar-refractivity contribution in [2.24, 2.45) is 0 Å². The van der Waals surface area contributed by atoms with Crippen LogP contribution in [0.2, 0.25) is 0 Å². The van der Waals surface area contributed by atoms with Crippen molar-refractivity contribution in [1.82, 2.24) is 15.2 Å². The zero-order chi connectivity index (χ0) is 15.9. The van der Waals surface area contributed by atoms with Crippen molar-refractivity contribution in [3.63, 3.8) is 0 Å². The van der Waals surface area contributed by atoms with Crippen LogP contribution in [-0.4, -0.2) is 68.9 Å². The molecule has 0 aromatic carbocycles. The summed E-state index contributed by atoms with van der Waals surface area (Å²) in [4.78, 5) is 20.4. The number of rotatable bonds is 5. The third-order valence-electron chi connectivity index (χ3n) is 3.69. The Morgan fingerprint density at radius 1 is 1.41 bits per heavy atom. The maximum atomic E-state index is 11.9. The summed E-state index contributed by atoms with van der Waals surface area (Å²) in [6, 6.07) is 3.79. The van der Waals surface area contributed by atoms with E-state index in [2.05, 4.69) is 27.4 Å². The molecule has 7 nitrogen and oxygen atoms in total. The van der Waals surface area contributed by atoms with Gasteiger partial charge in [-0.15, -0.1) is 0 Å². The summed E-state index contributed by atoms with van der Waals surface area (Å²) < 4.78 is 5.33. The van der Waals surface area contributed by atoms with E-state index in [1.807, 2.05) is 31.1 Å². The van der Waals surface area contributed by atoms with Crippen molar-refractivity contribution in [3.05, 3.63) is 18.3 Å². The Morgan fingerprint density at radius 3 is 2.73 bits per heavy atom. The van der Waals surface area contributed by atoms with E-state index in [-0.39, 0.29) is 6.03 Å². The Morgan fingerprint density at radius 2 is 2.14 bits per heavy atom. The van der Waals surface area contributed by atoms with E-state index in [1.165, 1.54) is 0 Å². The van der Waals surface area contributed by atoms with Crippen LogP contribution in [0.25, 0.3) is 0 Å². The van der Waals surface area contributed by atoms with E-state index in [9.17, 15) is 4.79 Å². The summed E-state index contributed by atoms with van der Waals surface area (Å²) in [6.45, 7) is 6.08. The quantitative estimate of drug-likeness (QED) is 0.849. The highest BCUT2D eigenvalue weighted by atomic mass is 16.5. The number of amides is 2. The fraction of sp³-hybridized carbons (Fsp3) is 0.600. The van der Waals surface area contributed by atoms with Gasteiger partial charge in [-0.2, -0.15) is 0 Å². The molecule has 0 bridgehead atoms. The molecule has 1 fully saturated rings. The molecule has 0 aliphatic carbocycles. The van der Waals surface area contributed by atoms with Crippen molar-refractivity contribution in [3.8, 4) is 0 Å². The molecule has 22 heavy (non-hydrogen) atoms. The molecule has 2 N–H and O–H groups in total. The van der Waals surface area contributed by atoms with E-state index < -0.39 is 0 Å². The highest BCUT2D eigenvalue weighted by molar-refractivity contribution is 5.89. The van der Waals surface area contributed by atoms with E-state index >= 15 is 0 Å². The molecule has 1 aliphatic heterocycles. The van der Waals surface area contributed by atoms with Crippen LogP contribution in [0, 0.1) is 0 Å². The van der Waals surface area contributed by atoms with Gasteiger partial charge in [0.25, 0.3) is 0 Å². The van der Waals surface area contributed by atoms with Gasteiger partial charge in [0.15, 0.2) is 0 Å². The van der Waals surface area contributed by atoms with E-state index in [0.717, 1.165) is 32.1 Å². The second kappa shape index (κ2) is 7.95. The van der Waals surface area contributed by atoms with Crippen LogP contribution < -0.4 is 15.5 Å². The van der Waals surface area contributed by atoms with E-state index in [4.69, 9.17) is 4.74 Å². The average molecular weight is 307 g/mol. The van der Waals surface area contributed by atoms with Gasteiger partial charge < -0.3 is 20.3 Å². The number of hydrogen-bond donors (Lipinski definition) is 2. The first-order valence-corrected chi connectivity index (χ1v) is 7.56. The van der Waals surface area contributed by atoms with Gasteiger partial charge in [-0.1, -0.05) is 0 Å². The SMILES string of the molecule is C[C@@H](CNC(=O)Nc1ccc(N(C)C)nc1)N1CCOCC1. The second-order valence-electron chi connectivity index (χ2n) is 5.63. The number of nitrogens with one attached hydrogen (secondary N) is 2. The van der Waals surface area contributed by atoms with Crippen LogP contribution >= 0.6 is 0 Å². The van der Waals surface area contributed by atoms with Gasteiger partial charge in [0, 0.05) is 39.8 Å². The normalized spacial score (nSPS) is 16.9. The Labute approximate surface area is 131 Å². The van der Waals surface area contributed by atoms with Gasteiger partial charge in [-0.25, -0.2) is 9.78 Å². The fourth-order valence-electron chi connectivity index (χ4n) is 2.29. The number of anilines is 2. The number of carbonyl (C=O) groups excluding carboxylic acids is 1. The molecule has 0 unspecified atom stereocenters. The molecular formula is C15H25N5O2. The summed E-state index contributed by atoms with van der Waals surface area (Å²) in [6.07, 6.45) is 1.65. The number of pyridine rings is 1. The summed E-state index contributed by atoms with van der Waals surface area (Å²) in [5, 5.41) is 5.69. The highest BCUT2D eigenvalue weighted by Gasteiger charge is 2.17. The predicted molar refractivity (Wildman–Crippen MR) is 87.4 cm³/mol. The molecule has 1 aromatic rings. The van der Waals surface area contributed by atoms with Gasteiger partial charge in [0.05, 0.1) is 25.1 Å². The minimum atomic E-state index is -0.209. The molecule has 7 heteroatoms. The smallest absolute Gasteiger partial charge is 0.319 e. The monoisotopic (exact) mass is 307 g/mol. The first-order chi connectivity index (χ1) is 10.6. The van der Waals surface area contributed by atoms with Crippen LogP contribution in [0.4, 0.5) is 16.3 Å². The summed E-state index contributed by atoms with van der Waals surface area (Å²) >= 11 is 0. The Hall–Kier alpha value is -1.86. The third-order valence-corrected chi connectivity index (χ3v) is 3.69. The minimum Gasteiger partial charge on any atom is -0.379 e. The van der Waals surface area contributed by atoms with Crippen molar-refractivity contribution in [2.75, 3.05) is 57.2 Å². The molecule has 1 atom stereocenters. The van der Waals surface area contributed by atoms with Crippen LogP contribution in [-0.2, 0) is 4.74 Å². The van der Waals surface area contributed by atoms with Crippen molar-refractivity contribution in [2.45, 2.75) is 13.0 Å². The third kappa shape index (κ3) is 4.85. The number of carbonyl (C=O) groups is 1. The fourth-order valence-corrected chi connectivity index (χ4v) is 2.29. The number of hydrogen-bond acceptors (Lipinski definition) is 5. The first kappa shape index (κ1) is 16.5. The Kier molecular flexibility index (Phi) is 5.97. The van der Waals surface area contributed by atoms with Crippen molar-refractivity contribution < 1.29 is 9.53 Å². The molecular weight excluding hydrogens is 282 g/mol. The average Bonchev–Trinajstić information content (AvgIpc) is 2.54. The molecule has 0 spiro atoms. The van der Waals surface area contributed by atoms with E-state index in [0.29, 0.717) is 18.3 Å². The van der Waals surface area contributed by atoms with Crippen LogP contribution in [0.15, 0.2) is 18.3 Å². The summed E-state index contributed by atoms with van der Waals surface area (Å²) in [5.74, 6) is 0.854. The number of ether oxygens (including phenoxy) is 1. The predicted octanol–water partition coefficient (Wildman–Crippen LogP) is 0.990. The maximum absolute atomic E-state index is 11.9. The second-order valence-corrected chi connectivity index (χ2v) is 5.63. The van der Waals surface area contributed by atoms with E-state index in [1.54, 1.807) is 6.20 Å². The number of morpholine rings is 1. The molecule has 2 heterocycles. The lowest BCUT2D eigenvalue weighted by molar-refractivity contribution is 0.0209. The van der Waals surface area contributed by atoms with Gasteiger partial charge >= 0.3 is 6.03 Å². The molecule has 1 aromatic heterocycles. The largest absolute Gasteiger partial charge is 0.379 e. The number of nitrogens with zero attached hydrogens (tertiary/aromatic N) is 3. The molecule has 2 rings (SSSR count). The standard InChI is InChI=1S/C15H25N5O2/c1-12(20-6-8-22-9-7-20)10-17-15(21)18-13-4-5-14(16-11-13)19(2)3/h4-5,11-12H,6-10H2,1-3H3,(H2,17,18,21)/t12-/m0/s1. The minimum absolute atomic E-state index is 0.209. The lowest BCUT2D eigenvalue weighted by Crippen LogP contribution is -2.47. The maximum Gasteiger partial charge on any atom is 0.319 e. The van der Waals surface area contributed by atoms with Gasteiger partial charge in [-0.05, 0) is 19.1 Å². The summed E-state index contributed by atoms with van der Waals surface area (Å²) in [5.41, 5.74) is 0.683. The zero-order valence-corrected chi connectivity index (χ0v) is 13.5. The lowest BCUT2D eigenvalue weighted by atomic mass is 10.2. The molecule has 2 amide bonds. The highest BCUT2D eigenvalue weighted by Crippen LogP contribution is 2.11. The number of urea groups is 1. The zero-order valence-electron chi connectivity index (χ0n) is 13.5. The molecule has 1 saturated heterocycles.